The van der Waals surface area contributed by atoms with E-state index in [0.29, 0.717) is 17.1 Å². The number of nitrogens with zero attached hydrogens (tertiary/aromatic N) is 2. The lowest BCUT2D eigenvalue weighted by Gasteiger charge is -2.39. The van der Waals surface area contributed by atoms with Crippen LogP contribution in [0.15, 0.2) is 152 Å². The lowest BCUT2D eigenvalue weighted by atomic mass is 9.80. The summed E-state index contributed by atoms with van der Waals surface area (Å²) in [5.41, 5.74) is 9.30. The summed E-state index contributed by atoms with van der Waals surface area (Å²) in [6.45, 7) is -0.106. The highest BCUT2D eigenvalue weighted by Crippen LogP contribution is 2.41. The Labute approximate surface area is 328 Å². The highest BCUT2D eigenvalue weighted by atomic mass is 32.2. The minimum atomic E-state index is -4.12. The van der Waals surface area contributed by atoms with Crippen molar-refractivity contribution in [2.45, 2.75) is 37.1 Å². The number of anilines is 1. The topological polar surface area (TPSA) is 141 Å². The number of nitrogen functional groups attached to an aromatic ring is 1. The van der Waals surface area contributed by atoms with Gasteiger partial charge in [-0.3, -0.25) is 4.18 Å². The summed E-state index contributed by atoms with van der Waals surface area (Å²) in [5, 5.41) is 0. The van der Waals surface area contributed by atoms with Crippen LogP contribution in [-0.2, 0) is 47.3 Å². The molecule has 56 heavy (non-hydrogen) atoms. The van der Waals surface area contributed by atoms with Gasteiger partial charge in [0.1, 0.15) is 35.4 Å². The standard InChI is InChI=1S/C44H45N3O8S/c1-50-38-23-19-32(20-24-38)29-52-41(34-27-46-43(45)47-28-34)42(53-30-33-21-25-39(51-2)26-22-33)40(55-56(3,48)49)31-54-44(35-13-7-4-8-14-35,36-15-9-5-10-16-36)37-17-11-6-12-18-37/h4-28,40-42H,29-31H2,1-3H3,(H2,45,46,47)/t40-,41-,42+/m1/s1. The molecule has 0 radical (unpaired) electrons. The first-order chi connectivity index (χ1) is 27.2. The summed E-state index contributed by atoms with van der Waals surface area (Å²) in [6, 6.07) is 44.1. The van der Waals surface area contributed by atoms with Gasteiger partial charge in [0, 0.05) is 18.0 Å². The van der Waals surface area contributed by atoms with Gasteiger partial charge < -0.3 is 29.4 Å². The quantitative estimate of drug-likeness (QED) is 0.0656. The zero-order chi connectivity index (χ0) is 39.4. The molecule has 290 valence electrons. The Bertz CT molecular complexity index is 2100. The predicted octanol–water partition coefficient (Wildman–Crippen LogP) is 7.27. The summed E-state index contributed by atoms with van der Waals surface area (Å²) in [4.78, 5) is 8.49. The van der Waals surface area contributed by atoms with Gasteiger partial charge >= 0.3 is 0 Å². The normalized spacial score (nSPS) is 13.4. The van der Waals surface area contributed by atoms with Crippen molar-refractivity contribution >= 4 is 16.1 Å². The van der Waals surface area contributed by atoms with Crippen molar-refractivity contribution in [2.24, 2.45) is 0 Å². The van der Waals surface area contributed by atoms with E-state index in [1.165, 1.54) is 12.4 Å². The largest absolute Gasteiger partial charge is 0.497 e. The molecule has 1 heterocycles. The van der Waals surface area contributed by atoms with Gasteiger partial charge in [-0.2, -0.15) is 8.42 Å². The van der Waals surface area contributed by atoms with Crippen molar-refractivity contribution in [3.05, 3.63) is 185 Å². The maximum Gasteiger partial charge on any atom is 0.264 e. The van der Waals surface area contributed by atoms with E-state index in [9.17, 15) is 8.42 Å². The van der Waals surface area contributed by atoms with E-state index in [2.05, 4.69) is 9.97 Å². The summed E-state index contributed by atoms with van der Waals surface area (Å²) in [6.07, 6.45) is 0.704. The number of methoxy groups -OCH3 is 2. The first-order valence-corrected chi connectivity index (χ1v) is 19.8. The Morgan fingerprint density at radius 1 is 0.625 bits per heavy atom. The van der Waals surface area contributed by atoms with Gasteiger partial charge in [0.15, 0.2) is 0 Å². The lowest BCUT2D eigenvalue weighted by Crippen LogP contribution is -2.45. The van der Waals surface area contributed by atoms with Gasteiger partial charge in [-0.25, -0.2) is 9.97 Å². The lowest BCUT2D eigenvalue weighted by molar-refractivity contribution is -0.150. The Kier molecular flexibility index (Phi) is 13.4. The van der Waals surface area contributed by atoms with E-state index in [-0.39, 0.29) is 25.8 Å². The molecular weight excluding hydrogens is 731 g/mol. The third-order valence-electron chi connectivity index (χ3n) is 9.18. The predicted molar refractivity (Wildman–Crippen MR) is 213 cm³/mol. The summed E-state index contributed by atoms with van der Waals surface area (Å²) in [5.74, 6) is 1.43. The molecule has 0 aliphatic rings. The third-order valence-corrected chi connectivity index (χ3v) is 9.78. The van der Waals surface area contributed by atoms with Gasteiger partial charge in [-0.15, -0.1) is 0 Å². The van der Waals surface area contributed by atoms with Crippen LogP contribution in [-0.4, -0.2) is 57.7 Å². The van der Waals surface area contributed by atoms with Gasteiger partial charge in [0.05, 0.1) is 40.3 Å². The highest BCUT2D eigenvalue weighted by Gasteiger charge is 2.42. The Balaban J connectivity index is 1.47. The van der Waals surface area contributed by atoms with E-state index >= 15 is 0 Å². The van der Waals surface area contributed by atoms with Crippen LogP contribution in [0.1, 0.15) is 39.5 Å². The zero-order valence-electron chi connectivity index (χ0n) is 31.4. The van der Waals surface area contributed by atoms with Crippen LogP contribution in [0.25, 0.3) is 0 Å². The van der Waals surface area contributed by atoms with Crippen molar-refractivity contribution in [3.63, 3.8) is 0 Å². The zero-order valence-corrected chi connectivity index (χ0v) is 32.2. The second kappa shape index (κ2) is 18.8. The molecule has 0 bridgehead atoms. The maximum absolute atomic E-state index is 13.2. The molecule has 0 aliphatic carbocycles. The molecule has 5 aromatic carbocycles. The molecule has 6 aromatic rings. The maximum atomic E-state index is 13.2. The fourth-order valence-electron chi connectivity index (χ4n) is 6.46. The average molecular weight is 776 g/mol. The molecule has 0 saturated carbocycles. The van der Waals surface area contributed by atoms with Gasteiger partial charge in [-0.05, 0) is 52.1 Å². The van der Waals surface area contributed by atoms with E-state index in [1.54, 1.807) is 14.2 Å². The first-order valence-electron chi connectivity index (χ1n) is 17.9. The molecule has 0 fully saturated rings. The average Bonchev–Trinajstić information content (AvgIpc) is 3.23. The molecule has 2 N–H and O–H groups in total. The minimum Gasteiger partial charge on any atom is -0.497 e. The highest BCUT2D eigenvalue weighted by molar-refractivity contribution is 7.86. The van der Waals surface area contributed by atoms with Crippen LogP contribution in [0.5, 0.6) is 11.5 Å². The fourth-order valence-corrected chi connectivity index (χ4v) is 7.08. The van der Waals surface area contributed by atoms with E-state index in [4.69, 9.17) is 33.6 Å². The van der Waals surface area contributed by atoms with Crippen LogP contribution < -0.4 is 15.2 Å². The van der Waals surface area contributed by atoms with Gasteiger partial charge in [0.25, 0.3) is 10.1 Å². The van der Waals surface area contributed by atoms with Crippen molar-refractivity contribution < 1.29 is 36.3 Å². The van der Waals surface area contributed by atoms with Crippen LogP contribution in [0.4, 0.5) is 5.95 Å². The van der Waals surface area contributed by atoms with Crippen LogP contribution >= 0.6 is 0 Å². The molecule has 0 aliphatic heterocycles. The Morgan fingerprint density at radius 2 is 1.05 bits per heavy atom. The van der Waals surface area contributed by atoms with Crippen molar-refractivity contribution in [2.75, 3.05) is 32.8 Å². The molecule has 3 atom stereocenters. The number of benzene rings is 5. The van der Waals surface area contributed by atoms with Crippen molar-refractivity contribution in [1.82, 2.24) is 9.97 Å². The van der Waals surface area contributed by atoms with E-state index in [1.807, 2.05) is 140 Å². The van der Waals surface area contributed by atoms with Crippen LogP contribution in [0.3, 0.4) is 0 Å². The molecule has 0 spiro atoms. The number of aromatic nitrogens is 2. The Hall–Kier alpha value is -5.63. The minimum absolute atomic E-state index is 0.0533. The number of nitrogens with two attached hydrogens (primary N) is 1. The summed E-state index contributed by atoms with van der Waals surface area (Å²) in [7, 11) is -0.928. The Morgan fingerprint density at radius 3 is 1.46 bits per heavy atom. The smallest absolute Gasteiger partial charge is 0.264 e. The second-order valence-electron chi connectivity index (χ2n) is 13.0. The molecule has 0 saturated heterocycles. The molecule has 12 heteroatoms. The molecule has 6 rings (SSSR count). The molecule has 0 unspecified atom stereocenters. The number of hydrogen-bond donors (Lipinski definition) is 1. The third kappa shape index (κ3) is 10.2. The number of hydrogen-bond acceptors (Lipinski definition) is 11. The molecule has 0 amide bonds. The summed E-state index contributed by atoms with van der Waals surface area (Å²) < 4.78 is 63.7. The molecule has 1 aromatic heterocycles. The SMILES string of the molecule is COc1ccc(CO[C@H]([C@H](OCc2ccc(OC)cc2)c2cnc(N)nc2)[C@@H](COC(c2ccccc2)(c2ccccc2)c2ccccc2)OS(C)(=O)=O)cc1. The van der Waals surface area contributed by atoms with E-state index < -0.39 is 34.0 Å². The second-order valence-corrected chi connectivity index (χ2v) is 14.6. The van der Waals surface area contributed by atoms with Crippen LogP contribution in [0, 0.1) is 0 Å². The monoisotopic (exact) mass is 775 g/mol. The number of ether oxygens (including phenoxy) is 5. The van der Waals surface area contributed by atoms with E-state index in [0.717, 1.165) is 34.1 Å². The van der Waals surface area contributed by atoms with Gasteiger partial charge in [0.2, 0.25) is 5.95 Å². The first kappa shape index (κ1) is 40.0. The number of rotatable bonds is 19. The summed E-state index contributed by atoms with van der Waals surface area (Å²) >= 11 is 0. The molecular formula is C44H45N3O8S. The van der Waals surface area contributed by atoms with Crippen molar-refractivity contribution in [1.29, 1.82) is 0 Å². The fraction of sp³-hybridized carbons (Fsp3) is 0.227. The molecule has 11 nitrogen and oxygen atoms in total. The van der Waals surface area contributed by atoms with Gasteiger partial charge in [-0.1, -0.05) is 115 Å². The van der Waals surface area contributed by atoms with Crippen LogP contribution in [0.2, 0.25) is 0 Å². The van der Waals surface area contributed by atoms with Crippen molar-refractivity contribution in [3.8, 4) is 11.5 Å².